The number of nitrogens with zero attached hydrogens (tertiary/aromatic N) is 2. The summed E-state index contributed by atoms with van der Waals surface area (Å²) < 4.78 is 24.5. The molecule has 148 valence electrons. The van der Waals surface area contributed by atoms with Crippen LogP contribution < -0.4 is 10.6 Å². The smallest absolute Gasteiger partial charge is 0.191 e. The lowest BCUT2D eigenvalue weighted by molar-refractivity contribution is 0.593. The van der Waals surface area contributed by atoms with E-state index in [1.54, 1.807) is 30.5 Å². The summed E-state index contributed by atoms with van der Waals surface area (Å²) in [6, 6.07) is 14.4. The van der Waals surface area contributed by atoms with Gasteiger partial charge in [-0.05, 0) is 37.6 Å². The number of hydrogen-bond donors (Lipinski definition) is 2. The molecule has 1 aromatic carbocycles. The van der Waals surface area contributed by atoms with Crippen molar-refractivity contribution in [2.75, 3.05) is 25.4 Å². The molecule has 0 fully saturated rings. The maximum absolute atomic E-state index is 12.2. The molecule has 0 atom stereocenters. The van der Waals surface area contributed by atoms with E-state index in [0.717, 1.165) is 18.7 Å². The molecule has 0 unspecified atom stereocenters. The molecular weight excluding hydrogens is 475 g/mol. The predicted molar refractivity (Wildman–Crippen MR) is 120 cm³/mol. The Kier molecular flexibility index (Phi) is 11.0. The van der Waals surface area contributed by atoms with Gasteiger partial charge in [0.25, 0.3) is 0 Å². The van der Waals surface area contributed by atoms with E-state index in [0.29, 0.717) is 30.4 Å². The van der Waals surface area contributed by atoms with Crippen LogP contribution in [0.2, 0.25) is 0 Å². The predicted octanol–water partition coefficient (Wildman–Crippen LogP) is 2.66. The van der Waals surface area contributed by atoms with Crippen molar-refractivity contribution in [3.63, 3.8) is 0 Å². The first kappa shape index (κ1) is 23.4. The molecular formula is C19H27IN4O2S. The van der Waals surface area contributed by atoms with E-state index in [-0.39, 0.29) is 29.7 Å². The Morgan fingerprint density at radius 3 is 2.48 bits per heavy atom. The normalized spacial score (nSPS) is 11.5. The SMILES string of the molecule is CCNC(=NCCCS(=O)(=O)c1ccccc1)NCCc1ccccn1.I. The number of sulfone groups is 1. The maximum Gasteiger partial charge on any atom is 0.191 e. The Hall–Kier alpha value is -1.68. The number of hydrogen-bond acceptors (Lipinski definition) is 4. The molecule has 0 aliphatic rings. The third kappa shape index (κ3) is 8.70. The highest BCUT2D eigenvalue weighted by atomic mass is 127. The standard InChI is InChI=1S/C19H26N4O2S.HI/c1-2-20-19(23-15-12-17-9-6-7-13-21-17)22-14-8-16-26(24,25)18-10-4-3-5-11-18;/h3-7,9-11,13H,2,8,12,14-16H2,1H3,(H2,20,22,23);1H. The molecule has 2 N–H and O–H groups in total. The zero-order chi connectivity index (χ0) is 18.7. The summed E-state index contributed by atoms with van der Waals surface area (Å²) in [5.74, 6) is 0.786. The van der Waals surface area contributed by atoms with Gasteiger partial charge in [-0.3, -0.25) is 9.98 Å². The number of halogens is 1. The molecule has 1 aromatic heterocycles. The fourth-order valence-electron chi connectivity index (χ4n) is 2.39. The molecule has 0 aliphatic heterocycles. The maximum atomic E-state index is 12.2. The van der Waals surface area contributed by atoms with Gasteiger partial charge in [-0.25, -0.2) is 8.42 Å². The minimum atomic E-state index is -3.24. The van der Waals surface area contributed by atoms with Crippen molar-refractivity contribution in [1.82, 2.24) is 15.6 Å². The van der Waals surface area contributed by atoms with Gasteiger partial charge < -0.3 is 10.6 Å². The summed E-state index contributed by atoms with van der Waals surface area (Å²) in [5, 5.41) is 6.42. The fourth-order valence-corrected chi connectivity index (χ4v) is 3.70. The second-order valence-corrected chi connectivity index (χ2v) is 7.85. The Bertz CT molecular complexity index is 784. The first-order chi connectivity index (χ1) is 12.6. The van der Waals surface area contributed by atoms with Crippen LogP contribution in [-0.2, 0) is 16.3 Å². The Morgan fingerprint density at radius 1 is 1.07 bits per heavy atom. The molecule has 27 heavy (non-hydrogen) atoms. The van der Waals surface area contributed by atoms with E-state index in [1.807, 2.05) is 31.2 Å². The number of aromatic nitrogens is 1. The average Bonchev–Trinajstić information content (AvgIpc) is 2.67. The lowest BCUT2D eigenvalue weighted by Gasteiger charge is -2.11. The van der Waals surface area contributed by atoms with Gasteiger partial charge in [0, 0.05) is 37.9 Å². The molecule has 2 aromatic rings. The Morgan fingerprint density at radius 2 is 1.81 bits per heavy atom. The largest absolute Gasteiger partial charge is 0.357 e. The van der Waals surface area contributed by atoms with Gasteiger partial charge in [-0.15, -0.1) is 24.0 Å². The quantitative estimate of drug-likeness (QED) is 0.239. The number of nitrogens with one attached hydrogen (secondary N) is 2. The zero-order valence-corrected chi connectivity index (χ0v) is 18.6. The van der Waals surface area contributed by atoms with Gasteiger partial charge in [0.15, 0.2) is 15.8 Å². The number of aliphatic imine (C=N–C) groups is 1. The highest BCUT2D eigenvalue weighted by molar-refractivity contribution is 14.0. The van der Waals surface area contributed by atoms with Crippen molar-refractivity contribution >= 4 is 39.8 Å². The van der Waals surface area contributed by atoms with Crippen LogP contribution in [0, 0.1) is 0 Å². The van der Waals surface area contributed by atoms with Gasteiger partial charge in [-0.1, -0.05) is 24.3 Å². The molecule has 0 saturated carbocycles. The van der Waals surface area contributed by atoms with E-state index in [4.69, 9.17) is 0 Å². The van der Waals surface area contributed by atoms with Crippen molar-refractivity contribution in [3.8, 4) is 0 Å². The van der Waals surface area contributed by atoms with Crippen LogP contribution in [0.4, 0.5) is 0 Å². The van der Waals surface area contributed by atoms with Crippen LogP contribution >= 0.6 is 24.0 Å². The molecule has 8 heteroatoms. The lowest BCUT2D eigenvalue weighted by atomic mass is 10.3. The van der Waals surface area contributed by atoms with Crippen molar-refractivity contribution < 1.29 is 8.42 Å². The van der Waals surface area contributed by atoms with Gasteiger partial charge in [-0.2, -0.15) is 0 Å². The third-order valence-corrected chi connectivity index (χ3v) is 5.50. The summed E-state index contributed by atoms with van der Waals surface area (Å²) >= 11 is 0. The first-order valence-electron chi connectivity index (χ1n) is 8.81. The number of guanidine groups is 1. The van der Waals surface area contributed by atoms with Crippen LogP contribution in [-0.4, -0.2) is 44.7 Å². The summed E-state index contributed by atoms with van der Waals surface area (Å²) in [5.41, 5.74) is 1.02. The number of pyridine rings is 1. The second-order valence-electron chi connectivity index (χ2n) is 5.74. The second kappa shape index (κ2) is 12.7. The Balaban J connectivity index is 0.00000364. The van der Waals surface area contributed by atoms with E-state index >= 15 is 0 Å². The van der Waals surface area contributed by atoms with Crippen LogP contribution in [0.5, 0.6) is 0 Å². The summed E-state index contributed by atoms with van der Waals surface area (Å²) in [6.07, 6.45) is 3.06. The molecule has 0 amide bonds. The lowest BCUT2D eigenvalue weighted by Crippen LogP contribution is -2.38. The highest BCUT2D eigenvalue weighted by Crippen LogP contribution is 2.10. The molecule has 0 aliphatic carbocycles. The third-order valence-electron chi connectivity index (χ3n) is 3.69. The number of benzene rings is 1. The molecule has 2 rings (SSSR count). The topological polar surface area (TPSA) is 83.5 Å². The van der Waals surface area contributed by atoms with Gasteiger partial charge in [0.1, 0.15) is 0 Å². The average molecular weight is 502 g/mol. The minimum Gasteiger partial charge on any atom is -0.357 e. The number of rotatable bonds is 9. The molecule has 0 radical (unpaired) electrons. The Labute approximate surface area is 178 Å². The molecule has 0 bridgehead atoms. The molecule has 0 spiro atoms. The summed E-state index contributed by atoms with van der Waals surface area (Å²) in [4.78, 5) is 9.10. The van der Waals surface area contributed by atoms with Gasteiger partial charge >= 0.3 is 0 Å². The van der Waals surface area contributed by atoms with Crippen molar-refractivity contribution in [2.24, 2.45) is 4.99 Å². The van der Waals surface area contributed by atoms with Gasteiger partial charge in [0.2, 0.25) is 0 Å². The van der Waals surface area contributed by atoms with E-state index in [1.165, 1.54) is 0 Å². The van der Waals surface area contributed by atoms with Crippen molar-refractivity contribution in [1.29, 1.82) is 0 Å². The van der Waals surface area contributed by atoms with E-state index < -0.39 is 9.84 Å². The van der Waals surface area contributed by atoms with Crippen LogP contribution in [0.1, 0.15) is 19.0 Å². The van der Waals surface area contributed by atoms with Gasteiger partial charge in [0.05, 0.1) is 10.6 Å². The summed E-state index contributed by atoms with van der Waals surface area (Å²) in [7, 11) is -3.24. The first-order valence-corrected chi connectivity index (χ1v) is 10.5. The molecule has 6 nitrogen and oxygen atoms in total. The monoisotopic (exact) mass is 502 g/mol. The van der Waals surface area contributed by atoms with Crippen LogP contribution in [0.25, 0.3) is 0 Å². The highest BCUT2D eigenvalue weighted by Gasteiger charge is 2.12. The zero-order valence-electron chi connectivity index (χ0n) is 15.5. The van der Waals surface area contributed by atoms with Crippen molar-refractivity contribution in [3.05, 3.63) is 60.4 Å². The van der Waals surface area contributed by atoms with E-state index in [2.05, 4.69) is 20.6 Å². The summed E-state index contributed by atoms with van der Waals surface area (Å²) in [6.45, 7) is 3.91. The minimum absolute atomic E-state index is 0. The molecule has 0 saturated heterocycles. The fraction of sp³-hybridized carbons (Fsp3) is 0.368. The van der Waals surface area contributed by atoms with Crippen LogP contribution in [0.15, 0.2) is 64.6 Å². The van der Waals surface area contributed by atoms with Crippen LogP contribution in [0.3, 0.4) is 0 Å². The van der Waals surface area contributed by atoms with Crippen molar-refractivity contribution in [2.45, 2.75) is 24.7 Å². The molecule has 1 heterocycles. The van der Waals surface area contributed by atoms with E-state index in [9.17, 15) is 8.42 Å².